The van der Waals surface area contributed by atoms with Gasteiger partial charge in [-0.05, 0) is 67.4 Å². The smallest absolute Gasteiger partial charge is 0.262 e. The largest absolute Gasteiger partial charge is 0.454 e. The summed E-state index contributed by atoms with van der Waals surface area (Å²) in [4.78, 5) is 0.120. The molecule has 28 heavy (non-hydrogen) atoms. The van der Waals surface area contributed by atoms with Gasteiger partial charge in [0.15, 0.2) is 11.5 Å². The topological polar surface area (TPSA) is 76.7 Å². The van der Waals surface area contributed by atoms with Gasteiger partial charge in [-0.1, -0.05) is 12.1 Å². The summed E-state index contributed by atoms with van der Waals surface area (Å²) in [6, 6.07) is 17.8. The second kappa shape index (κ2) is 7.09. The molecule has 144 valence electrons. The second-order valence-electron chi connectivity index (χ2n) is 6.64. The molecule has 0 saturated carbocycles. The van der Waals surface area contributed by atoms with Crippen molar-refractivity contribution in [3.63, 3.8) is 0 Å². The standard InChI is InChI=1S/C21H20N2O4S/c1-14-3-4-15(2)19(11-14)22-16-5-7-17(8-6-16)23-28(24,25)18-9-10-20-21(12-18)27-13-26-20/h3-12,22-23H,13H2,1-2H3. The highest BCUT2D eigenvalue weighted by Crippen LogP contribution is 2.34. The number of aryl methyl sites for hydroxylation is 2. The molecule has 0 unspecified atom stereocenters. The van der Waals surface area contributed by atoms with Crippen LogP contribution in [0.4, 0.5) is 17.1 Å². The van der Waals surface area contributed by atoms with Gasteiger partial charge in [0.1, 0.15) is 0 Å². The Kier molecular flexibility index (Phi) is 4.60. The van der Waals surface area contributed by atoms with Crippen LogP contribution >= 0.6 is 0 Å². The van der Waals surface area contributed by atoms with Crippen molar-refractivity contribution in [1.82, 2.24) is 0 Å². The molecule has 7 heteroatoms. The second-order valence-corrected chi connectivity index (χ2v) is 8.32. The van der Waals surface area contributed by atoms with E-state index >= 15 is 0 Å². The summed E-state index contributed by atoms with van der Waals surface area (Å²) < 4.78 is 38.3. The van der Waals surface area contributed by atoms with Crippen molar-refractivity contribution in [3.05, 3.63) is 71.8 Å². The van der Waals surface area contributed by atoms with Crippen molar-refractivity contribution in [2.45, 2.75) is 18.7 Å². The lowest BCUT2D eigenvalue weighted by atomic mass is 10.1. The van der Waals surface area contributed by atoms with Gasteiger partial charge in [-0.3, -0.25) is 4.72 Å². The van der Waals surface area contributed by atoms with E-state index < -0.39 is 10.0 Å². The molecule has 1 aliphatic rings. The van der Waals surface area contributed by atoms with Crippen LogP contribution in [-0.4, -0.2) is 15.2 Å². The third-order valence-corrected chi connectivity index (χ3v) is 5.84. The molecule has 1 aliphatic heterocycles. The normalized spacial score (nSPS) is 12.6. The monoisotopic (exact) mass is 396 g/mol. The molecule has 4 rings (SSSR count). The highest BCUT2D eigenvalue weighted by atomic mass is 32.2. The van der Waals surface area contributed by atoms with Crippen LogP contribution in [0.3, 0.4) is 0 Å². The van der Waals surface area contributed by atoms with E-state index in [0.717, 1.165) is 16.9 Å². The Morgan fingerprint density at radius 1 is 0.821 bits per heavy atom. The molecule has 0 spiro atoms. The number of ether oxygens (including phenoxy) is 2. The molecular weight excluding hydrogens is 376 g/mol. The number of nitrogens with one attached hydrogen (secondary N) is 2. The van der Waals surface area contributed by atoms with E-state index in [2.05, 4.69) is 28.2 Å². The van der Waals surface area contributed by atoms with Crippen LogP contribution in [0.5, 0.6) is 11.5 Å². The molecule has 3 aromatic rings. The van der Waals surface area contributed by atoms with Gasteiger partial charge in [0, 0.05) is 23.1 Å². The predicted molar refractivity (Wildman–Crippen MR) is 109 cm³/mol. The summed E-state index contributed by atoms with van der Waals surface area (Å²) in [5, 5.41) is 3.36. The van der Waals surface area contributed by atoms with Gasteiger partial charge in [0.05, 0.1) is 4.90 Å². The van der Waals surface area contributed by atoms with Crippen LogP contribution in [0.1, 0.15) is 11.1 Å². The van der Waals surface area contributed by atoms with Gasteiger partial charge in [0.2, 0.25) is 6.79 Å². The Hall–Kier alpha value is -3.19. The third kappa shape index (κ3) is 3.75. The number of sulfonamides is 1. The Morgan fingerprint density at radius 2 is 1.54 bits per heavy atom. The first-order valence-electron chi connectivity index (χ1n) is 8.77. The maximum absolute atomic E-state index is 12.6. The third-order valence-electron chi connectivity index (χ3n) is 4.46. The lowest BCUT2D eigenvalue weighted by Crippen LogP contribution is -2.12. The number of rotatable bonds is 5. The van der Waals surface area contributed by atoms with E-state index in [-0.39, 0.29) is 11.7 Å². The fourth-order valence-electron chi connectivity index (χ4n) is 2.91. The molecule has 3 aromatic carbocycles. The summed E-state index contributed by atoms with van der Waals surface area (Å²) in [6.07, 6.45) is 0. The van der Waals surface area contributed by atoms with E-state index in [1.165, 1.54) is 17.7 Å². The molecule has 0 atom stereocenters. The van der Waals surface area contributed by atoms with Gasteiger partial charge in [0.25, 0.3) is 10.0 Å². The van der Waals surface area contributed by atoms with Gasteiger partial charge >= 0.3 is 0 Å². The SMILES string of the molecule is Cc1ccc(C)c(Nc2ccc(NS(=O)(=O)c3ccc4c(c3)OCO4)cc2)c1. The first-order chi connectivity index (χ1) is 13.4. The van der Waals surface area contributed by atoms with Crippen molar-refractivity contribution in [1.29, 1.82) is 0 Å². The van der Waals surface area contributed by atoms with E-state index in [4.69, 9.17) is 9.47 Å². The number of anilines is 3. The van der Waals surface area contributed by atoms with Crippen molar-refractivity contribution < 1.29 is 17.9 Å². The van der Waals surface area contributed by atoms with Gasteiger partial charge in [-0.25, -0.2) is 8.42 Å². The highest BCUT2D eigenvalue weighted by molar-refractivity contribution is 7.92. The van der Waals surface area contributed by atoms with Crippen molar-refractivity contribution in [2.24, 2.45) is 0 Å². The van der Waals surface area contributed by atoms with Gasteiger partial charge in [-0.15, -0.1) is 0 Å². The van der Waals surface area contributed by atoms with Crippen molar-refractivity contribution in [3.8, 4) is 11.5 Å². The van der Waals surface area contributed by atoms with Crippen LogP contribution < -0.4 is 19.5 Å². The van der Waals surface area contributed by atoms with Crippen LogP contribution in [0.15, 0.2) is 65.6 Å². The van der Waals surface area contributed by atoms with Gasteiger partial charge < -0.3 is 14.8 Å². The van der Waals surface area contributed by atoms with Crippen LogP contribution in [0.2, 0.25) is 0 Å². The predicted octanol–water partition coefficient (Wildman–Crippen LogP) is 4.58. The summed E-state index contributed by atoms with van der Waals surface area (Å²) >= 11 is 0. The minimum atomic E-state index is -3.72. The minimum absolute atomic E-state index is 0.0984. The average molecular weight is 396 g/mol. The lowest BCUT2D eigenvalue weighted by molar-refractivity contribution is 0.174. The van der Waals surface area contributed by atoms with Gasteiger partial charge in [-0.2, -0.15) is 0 Å². The molecule has 6 nitrogen and oxygen atoms in total. The molecule has 0 fully saturated rings. The molecule has 0 amide bonds. The highest BCUT2D eigenvalue weighted by Gasteiger charge is 2.20. The molecule has 0 aromatic heterocycles. The van der Waals surface area contributed by atoms with Crippen molar-refractivity contribution >= 4 is 27.1 Å². The zero-order valence-corrected chi connectivity index (χ0v) is 16.3. The van der Waals surface area contributed by atoms with Crippen molar-refractivity contribution in [2.75, 3.05) is 16.8 Å². The maximum Gasteiger partial charge on any atom is 0.262 e. The summed E-state index contributed by atoms with van der Waals surface area (Å²) in [5.74, 6) is 0.969. The Balaban J connectivity index is 1.50. The molecule has 1 heterocycles. The molecule has 2 N–H and O–H groups in total. The van der Waals surface area contributed by atoms with E-state index in [1.807, 2.05) is 26.0 Å². The Morgan fingerprint density at radius 3 is 2.32 bits per heavy atom. The molecule has 0 radical (unpaired) electrons. The molecule has 0 aliphatic carbocycles. The fourth-order valence-corrected chi connectivity index (χ4v) is 3.98. The van der Waals surface area contributed by atoms with E-state index in [1.54, 1.807) is 18.2 Å². The summed E-state index contributed by atoms with van der Waals surface area (Å²) in [7, 11) is -3.72. The molecular formula is C21H20N2O4S. The van der Waals surface area contributed by atoms with E-state index in [9.17, 15) is 8.42 Å². The van der Waals surface area contributed by atoms with E-state index in [0.29, 0.717) is 17.2 Å². The van der Waals surface area contributed by atoms with Crippen LogP contribution in [0, 0.1) is 13.8 Å². The zero-order valence-electron chi connectivity index (χ0n) is 15.5. The Bertz CT molecular complexity index is 1130. The minimum Gasteiger partial charge on any atom is -0.454 e. The number of fused-ring (bicyclic) bond motifs is 1. The summed E-state index contributed by atoms with van der Waals surface area (Å²) in [5.41, 5.74) is 4.68. The fraction of sp³-hybridized carbons (Fsp3) is 0.143. The molecule has 0 bridgehead atoms. The van der Waals surface area contributed by atoms with Crippen LogP contribution in [-0.2, 0) is 10.0 Å². The number of benzene rings is 3. The number of hydrogen-bond donors (Lipinski definition) is 2. The zero-order chi connectivity index (χ0) is 19.7. The maximum atomic E-state index is 12.6. The van der Waals surface area contributed by atoms with Crippen LogP contribution in [0.25, 0.3) is 0 Å². The summed E-state index contributed by atoms with van der Waals surface area (Å²) in [6.45, 7) is 4.18. The average Bonchev–Trinajstić information content (AvgIpc) is 3.14. The Labute approximate surface area is 164 Å². The first kappa shape index (κ1) is 18.2. The lowest BCUT2D eigenvalue weighted by Gasteiger charge is -2.12. The quantitative estimate of drug-likeness (QED) is 0.660. The first-order valence-corrected chi connectivity index (χ1v) is 10.3. The molecule has 0 saturated heterocycles. The number of hydrogen-bond acceptors (Lipinski definition) is 5.